The zero-order valence-electron chi connectivity index (χ0n) is 8.33. The van der Waals surface area contributed by atoms with Crippen LogP contribution in [0.1, 0.15) is 60.3 Å². The third kappa shape index (κ3) is 43.6. The van der Waals surface area contributed by atoms with Crippen molar-refractivity contribution in [2.75, 3.05) is 0 Å². The second kappa shape index (κ2) is 11.8. The first kappa shape index (κ1) is 12.7. The number of hydrogen-bond donors (Lipinski definition) is 0. The van der Waals surface area contributed by atoms with Crippen molar-refractivity contribution >= 4 is 0 Å². The molecule has 0 unspecified atom stereocenters. The summed E-state index contributed by atoms with van der Waals surface area (Å²) in [5.74, 6) is 1.42. The lowest BCUT2D eigenvalue weighted by Gasteiger charge is -1.86. The van der Waals surface area contributed by atoms with Gasteiger partial charge in [-0.25, -0.2) is 0 Å². The van der Waals surface area contributed by atoms with Crippen LogP contribution in [0.5, 0.6) is 0 Å². The van der Waals surface area contributed by atoms with Crippen molar-refractivity contribution in [3.8, 4) is 0 Å². The van der Waals surface area contributed by atoms with Crippen molar-refractivity contribution in [1.29, 1.82) is 0 Å². The van der Waals surface area contributed by atoms with E-state index < -0.39 is 0 Å². The Morgan fingerprint density at radius 3 is 1.10 bits per heavy atom. The Hall–Kier alpha value is 0. The van der Waals surface area contributed by atoms with Crippen LogP contribution in [0.3, 0.4) is 0 Å². The summed E-state index contributed by atoms with van der Waals surface area (Å²) in [7, 11) is 0. The standard InChI is InChI=1S/C6H14.C4H9/c1-3-5-6-4-2;1-4(2)3/h3-6H2,1-2H3;1-3H3. The minimum atomic E-state index is 1.36. The van der Waals surface area contributed by atoms with Gasteiger partial charge in [-0.05, 0) is 5.92 Å². The molecule has 0 atom stereocenters. The van der Waals surface area contributed by atoms with E-state index >= 15 is 0 Å². The third-order valence-corrected chi connectivity index (χ3v) is 0.957. The van der Waals surface area contributed by atoms with Gasteiger partial charge in [0, 0.05) is 0 Å². The molecule has 0 nitrogen and oxygen atoms in total. The van der Waals surface area contributed by atoms with Gasteiger partial charge in [-0.15, -0.1) is 0 Å². The zero-order chi connectivity index (χ0) is 8.41. The van der Waals surface area contributed by atoms with E-state index in [1.54, 1.807) is 0 Å². The zero-order valence-corrected chi connectivity index (χ0v) is 8.33. The van der Waals surface area contributed by atoms with Crippen LogP contribution in [0.4, 0.5) is 0 Å². The molecule has 63 valence electrons. The van der Waals surface area contributed by atoms with E-state index in [1.165, 1.54) is 31.6 Å². The maximum Gasteiger partial charge on any atom is -0.0334 e. The van der Waals surface area contributed by atoms with Gasteiger partial charge in [0.1, 0.15) is 0 Å². The van der Waals surface area contributed by atoms with Crippen LogP contribution in [0.2, 0.25) is 0 Å². The molecule has 0 bridgehead atoms. The van der Waals surface area contributed by atoms with Gasteiger partial charge < -0.3 is 0 Å². The van der Waals surface area contributed by atoms with Gasteiger partial charge in [0.2, 0.25) is 0 Å². The quantitative estimate of drug-likeness (QED) is 0.519. The fourth-order valence-electron chi connectivity index (χ4n) is 0.500. The molecule has 0 aromatic carbocycles. The Morgan fingerprint density at radius 2 is 1.00 bits per heavy atom. The van der Waals surface area contributed by atoms with Crippen LogP contribution in [0, 0.1) is 5.92 Å². The van der Waals surface area contributed by atoms with Gasteiger partial charge in [-0.3, -0.25) is 0 Å². The second-order valence-electron chi connectivity index (χ2n) is 3.21. The summed E-state index contributed by atoms with van der Waals surface area (Å²) < 4.78 is 0. The van der Waals surface area contributed by atoms with E-state index in [0.717, 1.165) is 0 Å². The molecule has 0 heteroatoms. The lowest BCUT2D eigenvalue weighted by molar-refractivity contribution is 0.702. The molecule has 0 rings (SSSR count). The fourth-order valence-corrected chi connectivity index (χ4v) is 0.500. The highest BCUT2D eigenvalue weighted by atomic mass is 13.8. The lowest BCUT2D eigenvalue weighted by atomic mass is 10.2. The van der Waals surface area contributed by atoms with Gasteiger partial charge >= 0.3 is 0 Å². The van der Waals surface area contributed by atoms with Crippen molar-refractivity contribution in [1.82, 2.24) is 0 Å². The first-order chi connectivity index (χ1) is 4.65. The first-order valence-corrected chi connectivity index (χ1v) is 4.41. The molecule has 10 heavy (non-hydrogen) atoms. The maximum absolute atomic E-state index is 2.23. The highest BCUT2D eigenvalue weighted by Gasteiger charge is 1.75. The molecule has 0 heterocycles. The van der Waals surface area contributed by atoms with Gasteiger partial charge in [0.15, 0.2) is 0 Å². The summed E-state index contributed by atoms with van der Waals surface area (Å²) >= 11 is 0. The summed E-state index contributed by atoms with van der Waals surface area (Å²) in [5, 5.41) is 0. The Morgan fingerprint density at radius 1 is 0.800 bits per heavy atom. The highest BCUT2D eigenvalue weighted by Crippen LogP contribution is 1.95. The minimum absolute atomic E-state index is 1.36. The van der Waals surface area contributed by atoms with Crippen molar-refractivity contribution in [3.05, 3.63) is 5.92 Å². The average Bonchev–Trinajstić information content (AvgIpc) is 1.82. The monoisotopic (exact) mass is 143 g/mol. The SMILES string of the molecule is CCCCCC.C[C](C)C. The largest absolute Gasteiger partial charge is 0.0654 e. The van der Waals surface area contributed by atoms with Gasteiger partial charge in [-0.2, -0.15) is 0 Å². The number of unbranched alkanes of at least 4 members (excludes halogenated alkanes) is 3. The Bertz CT molecular complexity index is 30.5. The summed E-state index contributed by atoms with van der Waals surface area (Å²) in [6.45, 7) is 10.7. The summed E-state index contributed by atoms with van der Waals surface area (Å²) in [6, 6.07) is 0. The molecule has 0 spiro atoms. The molecular formula is C10H23. The number of hydrogen-bond acceptors (Lipinski definition) is 0. The summed E-state index contributed by atoms with van der Waals surface area (Å²) in [5.41, 5.74) is 0. The molecule has 0 aromatic rings. The molecule has 0 fully saturated rings. The molecule has 0 aliphatic heterocycles. The molecule has 0 saturated carbocycles. The minimum Gasteiger partial charge on any atom is -0.0654 e. The topological polar surface area (TPSA) is 0 Å². The van der Waals surface area contributed by atoms with E-state index in [9.17, 15) is 0 Å². The molecule has 1 radical (unpaired) electrons. The summed E-state index contributed by atoms with van der Waals surface area (Å²) in [6.07, 6.45) is 5.54. The van der Waals surface area contributed by atoms with Crippen LogP contribution < -0.4 is 0 Å². The van der Waals surface area contributed by atoms with E-state index in [4.69, 9.17) is 0 Å². The van der Waals surface area contributed by atoms with Crippen LogP contribution in [0.25, 0.3) is 0 Å². The van der Waals surface area contributed by atoms with Crippen molar-refractivity contribution in [2.24, 2.45) is 0 Å². The first-order valence-electron chi connectivity index (χ1n) is 4.41. The predicted molar refractivity (Wildman–Crippen MR) is 50.1 cm³/mol. The molecule has 0 amide bonds. The van der Waals surface area contributed by atoms with Gasteiger partial charge in [-0.1, -0.05) is 60.3 Å². The Kier molecular flexibility index (Phi) is 14.9. The van der Waals surface area contributed by atoms with Gasteiger partial charge in [0.25, 0.3) is 0 Å². The average molecular weight is 143 g/mol. The molecule has 0 saturated heterocycles. The van der Waals surface area contributed by atoms with Crippen LogP contribution in [-0.2, 0) is 0 Å². The molecule has 0 aliphatic carbocycles. The third-order valence-electron chi connectivity index (χ3n) is 0.957. The smallest absolute Gasteiger partial charge is 0.0334 e. The van der Waals surface area contributed by atoms with E-state index in [-0.39, 0.29) is 0 Å². The summed E-state index contributed by atoms with van der Waals surface area (Å²) in [4.78, 5) is 0. The molecule has 0 aromatic heterocycles. The molecular weight excluding hydrogens is 120 g/mol. The second-order valence-corrected chi connectivity index (χ2v) is 3.21. The van der Waals surface area contributed by atoms with Crippen molar-refractivity contribution in [2.45, 2.75) is 60.3 Å². The Labute approximate surface area is 67.0 Å². The van der Waals surface area contributed by atoms with Gasteiger partial charge in [0.05, 0.1) is 0 Å². The lowest BCUT2D eigenvalue weighted by Crippen LogP contribution is -1.66. The van der Waals surface area contributed by atoms with Crippen LogP contribution in [-0.4, -0.2) is 0 Å². The number of rotatable bonds is 3. The maximum atomic E-state index is 2.23. The van der Waals surface area contributed by atoms with Crippen LogP contribution >= 0.6 is 0 Å². The van der Waals surface area contributed by atoms with Crippen molar-refractivity contribution < 1.29 is 0 Å². The van der Waals surface area contributed by atoms with E-state index in [0.29, 0.717) is 0 Å². The highest BCUT2D eigenvalue weighted by molar-refractivity contribution is 4.64. The predicted octanol–water partition coefficient (Wildman–Crippen LogP) is 4.21. The van der Waals surface area contributed by atoms with E-state index in [1.807, 2.05) is 0 Å². The molecule has 0 N–H and O–H groups in total. The van der Waals surface area contributed by atoms with Crippen LogP contribution in [0.15, 0.2) is 0 Å². The fraction of sp³-hybridized carbons (Fsp3) is 0.900. The van der Waals surface area contributed by atoms with E-state index in [2.05, 4.69) is 34.6 Å². The molecule has 0 aliphatic rings. The Balaban J connectivity index is 0. The van der Waals surface area contributed by atoms with Crippen molar-refractivity contribution in [3.63, 3.8) is 0 Å². The normalized spacial score (nSPS) is 9.00.